The van der Waals surface area contributed by atoms with Crippen molar-refractivity contribution in [3.8, 4) is 12.1 Å². The fraction of sp³-hybridized carbons (Fsp3) is 0.333. The van der Waals surface area contributed by atoms with E-state index in [0.717, 1.165) is 24.1 Å². The highest BCUT2D eigenvalue weighted by atomic mass is 79.9. The maximum absolute atomic E-state index is 13.1. The lowest BCUT2D eigenvalue weighted by atomic mass is 10.2. The van der Waals surface area contributed by atoms with E-state index in [4.69, 9.17) is 15.5 Å². The first-order valence-corrected chi connectivity index (χ1v) is 14.3. The smallest absolute Gasteiger partial charge is 0.253 e. The van der Waals surface area contributed by atoms with Crippen LogP contribution in [-0.2, 0) is 10.0 Å². The highest BCUT2D eigenvalue weighted by Gasteiger charge is 2.26. The molecule has 12 heteroatoms. The normalized spacial score (nSPS) is 14.1. The summed E-state index contributed by atoms with van der Waals surface area (Å²) in [5.74, 6) is -0.155. The maximum Gasteiger partial charge on any atom is 0.253 e. The number of carbonyl (C=O) groups excluding carboxylic acids is 1. The van der Waals surface area contributed by atoms with Crippen LogP contribution in [0.4, 0.5) is 5.13 Å². The Labute approximate surface area is 222 Å². The molecule has 0 radical (unpaired) electrons. The lowest BCUT2D eigenvalue weighted by Crippen LogP contribution is -2.48. The maximum atomic E-state index is 13.1. The van der Waals surface area contributed by atoms with Crippen molar-refractivity contribution < 1.29 is 13.2 Å². The van der Waals surface area contributed by atoms with Gasteiger partial charge in [0.05, 0.1) is 27.3 Å². The fourth-order valence-electron chi connectivity index (χ4n) is 3.93. The number of halogens is 1. The molecule has 2 heterocycles. The van der Waals surface area contributed by atoms with Gasteiger partial charge in [0, 0.05) is 62.1 Å². The van der Waals surface area contributed by atoms with Crippen LogP contribution >= 0.6 is 27.3 Å². The molecule has 0 aliphatic carbocycles. The average molecular weight is 588 g/mol. The lowest BCUT2D eigenvalue weighted by Gasteiger charge is -2.34. The van der Waals surface area contributed by atoms with E-state index in [1.54, 1.807) is 16.2 Å². The number of benzene rings is 2. The van der Waals surface area contributed by atoms with Crippen molar-refractivity contribution >= 4 is 58.5 Å². The zero-order valence-corrected chi connectivity index (χ0v) is 22.5. The molecule has 36 heavy (non-hydrogen) atoms. The van der Waals surface area contributed by atoms with Gasteiger partial charge in [0.1, 0.15) is 0 Å². The molecule has 0 unspecified atom stereocenters. The average Bonchev–Trinajstić information content (AvgIpc) is 3.31. The molecule has 1 fully saturated rings. The monoisotopic (exact) mass is 586 g/mol. The van der Waals surface area contributed by atoms with Crippen molar-refractivity contribution in [2.75, 3.05) is 44.2 Å². The van der Waals surface area contributed by atoms with Crippen molar-refractivity contribution in [1.82, 2.24) is 14.2 Å². The molecule has 4 rings (SSSR count). The summed E-state index contributed by atoms with van der Waals surface area (Å²) >= 11 is 5.11. The second kappa shape index (κ2) is 11.4. The summed E-state index contributed by atoms with van der Waals surface area (Å²) < 4.78 is 29.2. The van der Waals surface area contributed by atoms with Crippen molar-refractivity contribution in [1.29, 1.82) is 10.5 Å². The molecule has 186 valence electrons. The quantitative estimate of drug-likeness (QED) is 0.393. The van der Waals surface area contributed by atoms with Crippen LogP contribution in [0, 0.1) is 22.7 Å². The van der Waals surface area contributed by atoms with Crippen LogP contribution in [0.5, 0.6) is 0 Å². The molecule has 1 saturated heterocycles. The molecule has 1 aromatic heterocycles. The van der Waals surface area contributed by atoms with Gasteiger partial charge in [-0.3, -0.25) is 4.79 Å². The third-order valence-electron chi connectivity index (χ3n) is 5.86. The van der Waals surface area contributed by atoms with Gasteiger partial charge in [0.25, 0.3) is 5.91 Å². The summed E-state index contributed by atoms with van der Waals surface area (Å²) in [7, 11) is -3.87. The number of anilines is 1. The number of carbonyl (C=O) groups is 1. The van der Waals surface area contributed by atoms with Crippen LogP contribution in [0.15, 0.2) is 51.8 Å². The van der Waals surface area contributed by atoms with E-state index in [0.29, 0.717) is 31.7 Å². The van der Waals surface area contributed by atoms with E-state index >= 15 is 0 Å². The zero-order chi connectivity index (χ0) is 25.7. The number of aromatic nitrogens is 1. The van der Waals surface area contributed by atoms with Crippen LogP contribution < -0.4 is 4.90 Å². The Morgan fingerprint density at radius 1 is 1.03 bits per heavy atom. The van der Waals surface area contributed by atoms with E-state index in [1.165, 1.54) is 24.3 Å². The van der Waals surface area contributed by atoms with E-state index < -0.39 is 10.0 Å². The van der Waals surface area contributed by atoms with Crippen LogP contribution in [0.2, 0.25) is 0 Å². The summed E-state index contributed by atoms with van der Waals surface area (Å²) in [6.45, 7) is 2.41. The number of amides is 1. The van der Waals surface area contributed by atoms with Gasteiger partial charge in [0.15, 0.2) is 5.13 Å². The number of rotatable bonds is 8. The van der Waals surface area contributed by atoms with E-state index in [1.807, 2.05) is 30.3 Å². The van der Waals surface area contributed by atoms with Crippen LogP contribution in [0.3, 0.4) is 0 Å². The molecule has 2 aromatic carbocycles. The molecule has 3 aromatic rings. The van der Waals surface area contributed by atoms with Crippen molar-refractivity contribution in [3.63, 3.8) is 0 Å². The third kappa shape index (κ3) is 5.68. The largest absolute Gasteiger partial charge is 0.345 e. The minimum absolute atomic E-state index is 0.0113. The molecule has 0 spiro atoms. The second-order valence-corrected chi connectivity index (χ2v) is 12.0. The Bertz CT molecular complexity index is 1420. The molecule has 0 bridgehead atoms. The van der Waals surface area contributed by atoms with Crippen molar-refractivity contribution in [2.45, 2.75) is 17.7 Å². The van der Waals surface area contributed by atoms with E-state index in [9.17, 15) is 13.2 Å². The molecule has 0 N–H and O–H groups in total. The lowest BCUT2D eigenvalue weighted by molar-refractivity contribution is 0.0746. The minimum atomic E-state index is -3.87. The Hall–Kier alpha value is -3.03. The molecule has 1 aliphatic heterocycles. The first-order chi connectivity index (χ1) is 17.3. The van der Waals surface area contributed by atoms with Gasteiger partial charge in [-0.25, -0.2) is 13.4 Å². The molecular formula is C24H23BrN6O3S2. The Morgan fingerprint density at radius 3 is 2.28 bits per heavy atom. The van der Waals surface area contributed by atoms with Gasteiger partial charge in [-0.15, -0.1) is 0 Å². The molecule has 9 nitrogen and oxygen atoms in total. The number of fused-ring (bicyclic) bond motifs is 1. The van der Waals surface area contributed by atoms with E-state index in [2.05, 4.69) is 20.8 Å². The summed E-state index contributed by atoms with van der Waals surface area (Å²) in [6.07, 6.45) is 0.0591. The number of thiazole rings is 1. The molecule has 1 aliphatic rings. The van der Waals surface area contributed by atoms with Gasteiger partial charge in [-0.1, -0.05) is 27.3 Å². The summed E-state index contributed by atoms with van der Waals surface area (Å²) in [5.41, 5.74) is 1.36. The number of nitrogens with zero attached hydrogens (tertiary/aromatic N) is 6. The standard InChI is InChI=1S/C24H23BrN6O3S2/c25-19-5-8-21-22(17-19)35-24(28-21)30-15-13-29(14-16-30)23(32)18-3-6-20(7-4-18)36(33,34)31(11-1-9-26)12-2-10-27/h3-8,17H,1-2,11-16H2. The topological polar surface area (TPSA) is 121 Å². The number of hydrogen-bond acceptors (Lipinski definition) is 8. The van der Waals surface area contributed by atoms with Crippen LogP contribution in [0.1, 0.15) is 23.2 Å². The molecule has 0 atom stereocenters. The van der Waals surface area contributed by atoms with Gasteiger partial charge >= 0.3 is 0 Å². The minimum Gasteiger partial charge on any atom is -0.345 e. The number of piperazine rings is 1. The van der Waals surface area contributed by atoms with Gasteiger partial charge in [-0.05, 0) is 42.5 Å². The van der Waals surface area contributed by atoms with Crippen LogP contribution in [0.25, 0.3) is 10.2 Å². The third-order valence-corrected chi connectivity index (χ3v) is 9.35. The van der Waals surface area contributed by atoms with Crippen molar-refractivity contribution in [3.05, 3.63) is 52.5 Å². The van der Waals surface area contributed by atoms with E-state index in [-0.39, 0.29) is 36.7 Å². The van der Waals surface area contributed by atoms with Crippen LogP contribution in [-0.4, -0.2) is 67.8 Å². The molecular weight excluding hydrogens is 564 g/mol. The Morgan fingerprint density at radius 2 is 1.67 bits per heavy atom. The summed E-state index contributed by atoms with van der Waals surface area (Å²) in [5, 5.41) is 18.6. The first-order valence-electron chi connectivity index (χ1n) is 11.3. The first kappa shape index (κ1) is 26.0. The highest BCUT2D eigenvalue weighted by Crippen LogP contribution is 2.31. The molecule has 1 amide bonds. The highest BCUT2D eigenvalue weighted by molar-refractivity contribution is 9.10. The van der Waals surface area contributed by atoms with Crippen molar-refractivity contribution in [2.24, 2.45) is 0 Å². The molecule has 0 saturated carbocycles. The van der Waals surface area contributed by atoms with Gasteiger partial charge in [-0.2, -0.15) is 14.8 Å². The SMILES string of the molecule is N#CCCN(CCC#N)S(=O)(=O)c1ccc(C(=O)N2CCN(c3nc4ccc(Br)cc4s3)CC2)cc1. The zero-order valence-electron chi connectivity index (χ0n) is 19.3. The number of hydrogen-bond donors (Lipinski definition) is 0. The van der Waals surface area contributed by atoms with Gasteiger partial charge < -0.3 is 9.80 Å². The Kier molecular flexibility index (Phi) is 8.21. The predicted molar refractivity (Wildman–Crippen MR) is 141 cm³/mol. The van der Waals surface area contributed by atoms with Gasteiger partial charge in [0.2, 0.25) is 10.0 Å². The number of nitriles is 2. The summed E-state index contributed by atoms with van der Waals surface area (Å²) in [6, 6.07) is 15.7. The second-order valence-electron chi connectivity index (χ2n) is 8.13. The fourth-order valence-corrected chi connectivity index (χ4v) is 6.94. The summed E-state index contributed by atoms with van der Waals surface area (Å²) in [4.78, 5) is 21.7. The number of sulfonamides is 1. The predicted octanol–water partition coefficient (Wildman–Crippen LogP) is 3.84. The Balaban J connectivity index is 1.40.